The molecule has 0 aromatic carbocycles. The highest BCUT2D eigenvalue weighted by Gasteiger charge is 2.12. The van der Waals surface area contributed by atoms with Crippen LogP contribution in [0, 0.1) is 6.92 Å². The number of furan rings is 1. The van der Waals surface area contributed by atoms with Crippen LogP contribution in [-0.2, 0) is 11.3 Å². The standard InChI is InChI=1S/C13H21NO4/c1-3-4-6-17-7-5-14-9-11-8-12(13(15)16)10(2)18-11/h8,14H,3-7,9H2,1-2H3,(H,15,16). The zero-order valence-electron chi connectivity index (χ0n) is 11.0. The highest BCUT2D eigenvalue weighted by Crippen LogP contribution is 2.14. The van der Waals surface area contributed by atoms with Crippen LogP contribution >= 0.6 is 0 Å². The molecule has 0 saturated carbocycles. The summed E-state index contributed by atoms with van der Waals surface area (Å²) < 4.78 is 10.7. The van der Waals surface area contributed by atoms with Gasteiger partial charge in [-0.05, 0) is 19.4 Å². The Morgan fingerprint density at radius 1 is 1.50 bits per heavy atom. The van der Waals surface area contributed by atoms with E-state index in [-0.39, 0.29) is 5.56 Å². The number of carboxylic acids is 1. The Morgan fingerprint density at radius 2 is 2.28 bits per heavy atom. The van der Waals surface area contributed by atoms with Gasteiger partial charge in [-0.1, -0.05) is 13.3 Å². The first-order chi connectivity index (χ1) is 8.65. The van der Waals surface area contributed by atoms with Crippen molar-refractivity contribution >= 4 is 5.97 Å². The van der Waals surface area contributed by atoms with Crippen molar-refractivity contribution in [2.75, 3.05) is 19.8 Å². The first-order valence-corrected chi connectivity index (χ1v) is 6.26. The van der Waals surface area contributed by atoms with Crippen LogP contribution in [0.25, 0.3) is 0 Å². The van der Waals surface area contributed by atoms with Gasteiger partial charge in [0.05, 0.1) is 13.2 Å². The summed E-state index contributed by atoms with van der Waals surface area (Å²) in [5.41, 5.74) is 0.228. The van der Waals surface area contributed by atoms with E-state index in [1.807, 2.05) is 0 Å². The quantitative estimate of drug-likeness (QED) is 0.662. The zero-order valence-corrected chi connectivity index (χ0v) is 11.0. The average Bonchev–Trinajstić information content (AvgIpc) is 2.69. The predicted octanol–water partition coefficient (Wildman–Crippen LogP) is 2.19. The Kier molecular flexibility index (Phi) is 6.46. The fraction of sp³-hybridized carbons (Fsp3) is 0.615. The lowest BCUT2D eigenvalue weighted by molar-refractivity contribution is 0.0695. The maximum Gasteiger partial charge on any atom is 0.339 e. The number of ether oxygens (including phenoxy) is 1. The fourth-order valence-electron chi connectivity index (χ4n) is 1.55. The van der Waals surface area contributed by atoms with Crippen LogP contribution in [0.2, 0.25) is 0 Å². The molecule has 0 bridgehead atoms. The van der Waals surface area contributed by atoms with Gasteiger partial charge in [0.1, 0.15) is 17.1 Å². The summed E-state index contributed by atoms with van der Waals surface area (Å²) in [5.74, 6) is 0.127. The molecule has 1 aromatic heterocycles. The molecule has 1 aromatic rings. The third-order valence-electron chi connectivity index (χ3n) is 2.56. The number of aromatic carboxylic acids is 1. The lowest BCUT2D eigenvalue weighted by atomic mass is 10.2. The number of aryl methyl sites for hydroxylation is 1. The highest BCUT2D eigenvalue weighted by molar-refractivity contribution is 5.88. The molecule has 5 heteroatoms. The van der Waals surface area contributed by atoms with E-state index in [1.165, 1.54) is 0 Å². The number of unbranched alkanes of at least 4 members (excludes halogenated alkanes) is 1. The van der Waals surface area contributed by atoms with Crippen molar-refractivity contribution in [3.63, 3.8) is 0 Å². The molecule has 0 atom stereocenters. The molecule has 0 aliphatic rings. The van der Waals surface area contributed by atoms with Crippen LogP contribution in [0.15, 0.2) is 10.5 Å². The lowest BCUT2D eigenvalue weighted by Crippen LogP contribution is -2.19. The van der Waals surface area contributed by atoms with Gasteiger partial charge in [-0.3, -0.25) is 0 Å². The minimum Gasteiger partial charge on any atom is -0.478 e. The largest absolute Gasteiger partial charge is 0.478 e. The molecule has 0 aliphatic heterocycles. The van der Waals surface area contributed by atoms with E-state index in [0.717, 1.165) is 26.0 Å². The SMILES string of the molecule is CCCCOCCNCc1cc(C(=O)O)c(C)o1. The van der Waals surface area contributed by atoms with Gasteiger partial charge < -0.3 is 19.6 Å². The van der Waals surface area contributed by atoms with Crippen molar-refractivity contribution in [1.82, 2.24) is 5.32 Å². The molecule has 0 unspecified atom stereocenters. The van der Waals surface area contributed by atoms with E-state index < -0.39 is 5.97 Å². The molecule has 5 nitrogen and oxygen atoms in total. The number of rotatable bonds is 9. The number of hydrogen-bond donors (Lipinski definition) is 2. The van der Waals surface area contributed by atoms with Gasteiger partial charge in [0.25, 0.3) is 0 Å². The van der Waals surface area contributed by atoms with Gasteiger partial charge in [-0.2, -0.15) is 0 Å². The van der Waals surface area contributed by atoms with Crippen molar-refractivity contribution in [2.24, 2.45) is 0 Å². The summed E-state index contributed by atoms with van der Waals surface area (Å²) in [4.78, 5) is 10.8. The Hall–Kier alpha value is -1.33. The second kappa shape index (κ2) is 7.89. The molecular weight excluding hydrogens is 234 g/mol. The van der Waals surface area contributed by atoms with Crippen molar-refractivity contribution in [2.45, 2.75) is 33.2 Å². The molecular formula is C13H21NO4. The molecule has 0 amide bonds. The van der Waals surface area contributed by atoms with Crippen LogP contribution < -0.4 is 5.32 Å². The fourth-order valence-corrected chi connectivity index (χ4v) is 1.55. The van der Waals surface area contributed by atoms with E-state index >= 15 is 0 Å². The summed E-state index contributed by atoms with van der Waals surface area (Å²) in [6.45, 7) is 6.48. The molecule has 1 rings (SSSR count). The number of carbonyl (C=O) groups is 1. The molecule has 0 radical (unpaired) electrons. The first-order valence-electron chi connectivity index (χ1n) is 6.26. The molecule has 18 heavy (non-hydrogen) atoms. The minimum atomic E-state index is -0.953. The van der Waals surface area contributed by atoms with E-state index in [0.29, 0.717) is 24.7 Å². The van der Waals surface area contributed by atoms with E-state index in [9.17, 15) is 4.79 Å². The minimum absolute atomic E-state index is 0.228. The van der Waals surface area contributed by atoms with Crippen molar-refractivity contribution in [1.29, 1.82) is 0 Å². The molecule has 1 heterocycles. The molecule has 0 aliphatic carbocycles. The summed E-state index contributed by atoms with van der Waals surface area (Å²) in [6, 6.07) is 1.56. The monoisotopic (exact) mass is 255 g/mol. The Balaban J connectivity index is 2.19. The summed E-state index contributed by atoms with van der Waals surface area (Å²) in [6.07, 6.45) is 2.22. The molecule has 102 valence electrons. The first kappa shape index (κ1) is 14.7. The maximum absolute atomic E-state index is 10.8. The van der Waals surface area contributed by atoms with Crippen molar-refractivity contribution in [3.05, 3.63) is 23.2 Å². The topological polar surface area (TPSA) is 71.7 Å². The second-order valence-corrected chi connectivity index (χ2v) is 4.13. The van der Waals surface area contributed by atoms with Gasteiger partial charge in [-0.15, -0.1) is 0 Å². The highest BCUT2D eigenvalue weighted by atomic mass is 16.5. The summed E-state index contributed by atoms with van der Waals surface area (Å²) >= 11 is 0. The van der Waals surface area contributed by atoms with E-state index in [1.54, 1.807) is 13.0 Å². The second-order valence-electron chi connectivity index (χ2n) is 4.13. The normalized spacial score (nSPS) is 10.8. The van der Waals surface area contributed by atoms with Gasteiger partial charge in [-0.25, -0.2) is 4.79 Å². The van der Waals surface area contributed by atoms with Gasteiger partial charge in [0.15, 0.2) is 0 Å². The summed E-state index contributed by atoms with van der Waals surface area (Å²) in [5, 5.41) is 12.0. The van der Waals surface area contributed by atoms with Crippen LogP contribution in [0.3, 0.4) is 0 Å². The van der Waals surface area contributed by atoms with Crippen molar-refractivity contribution in [3.8, 4) is 0 Å². The van der Waals surface area contributed by atoms with Crippen LogP contribution in [-0.4, -0.2) is 30.8 Å². The zero-order chi connectivity index (χ0) is 13.4. The van der Waals surface area contributed by atoms with Crippen LogP contribution in [0.1, 0.15) is 41.6 Å². The Morgan fingerprint density at radius 3 is 2.89 bits per heavy atom. The Labute approximate surface area is 107 Å². The maximum atomic E-state index is 10.8. The number of nitrogens with one attached hydrogen (secondary N) is 1. The number of carboxylic acid groups (broad SMARTS) is 1. The van der Waals surface area contributed by atoms with Crippen LogP contribution in [0.5, 0.6) is 0 Å². The van der Waals surface area contributed by atoms with Gasteiger partial charge >= 0.3 is 5.97 Å². The van der Waals surface area contributed by atoms with Crippen LogP contribution in [0.4, 0.5) is 0 Å². The van der Waals surface area contributed by atoms with E-state index in [2.05, 4.69) is 12.2 Å². The smallest absolute Gasteiger partial charge is 0.339 e. The molecule has 0 spiro atoms. The van der Waals surface area contributed by atoms with Crippen molar-refractivity contribution < 1.29 is 19.1 Å². The Bertz CT molecular complexity index is 373. The molecule has 0 fully saturated rings. The molecule has 2 N–H and O–H groups in total. The van der Waals surface area contributed by atoms with Gasteiger partial charge in [0, 0.05) is 13.2 Å². The third kappa shape index (κ3) is 4.89. The predicted molar refractivity (Wildman–Crippen MR) is 67.8 cm³/mol. The lowest BCUT2D eigenvalue weighted by Gasteiger charge is -2.04. The van der Waals surface area contributed by atoms with E-state index in [4.69, 9.17) is 14.3 Å². The average molecular weight is 255 g/mol. The summed E-state index contributed by atoms with van der Waals surface area (Å²) in [7, 11) is 0. The third-order valence-corrected chi connectivity index (χ3v) is 2.56. The van der Waals surface area contributed by atoms with Gasteiger partial charge in [0.2, 0.25) is 0 Å². The molecule has 0 saturated heterocycles. The number of hydrogen-bond acceptors (Lipinski definition) is 4.